The Kier molecular flexibility index (Phi) is 36.7. The third kappa shape index (κ3) is 41.3. The van der Waals surface area contributed by atoms with Crippen molar-refractivity contribution in [2.45, 2.75) is 174 Å². The van der Waals surface area contributed by atoms with Crippen molar-refractivity contribution in [3.63, 3.8) is 0 Å². The van der Waals surface area contributed by atoms with Crippen LogP contribution in [-0.4, -0.2) is 70.0 Å². The molecule has 0 saturated carbocycles. The molecule has 0 aliphatic carbocycles. The van der Waals surface area contributed by atoms with E-state index in [9.17, 15) is 19.0 Å². The molecule has 0 aliphatic heterocycles. The predicted octanol–water partition coefficient (Wildman–Crippen LogP) is 11.8. The number of hydrogen-bond donors (Lipinski definition) is 0. The number of carbonyl (C=O) groups is 2. The molecule has 0 fully saturated rings. The Bertz CT molecular complexity index is 1140. The molecule has 0 radical (unpaired) electrons. The molecule has 0 aliphatic rings. The van der Waals surface area contributed by atoms with Crippen molar-refractivity contribution in [3.05, 3.63) is 60.8 Å². The van der Waals surface area contributed by atoms with Gasteiger partial charge in [-0.1, -0.05) is 158 Å². The molecule has 2 atom stereocenters. The highest BCUT2D eigenvalue weighted by molar-refractivity contribution is 7.45. The van der Waals surface area contributed by atoms with Crippen LogP contribution in [0.4, 0.5) is 0 Å². The molecule has 0 aromatic heterocycles. The summed E-state index contributed by atoms with van der Waals surface area (Å²) in [5.74, 6) is -0.870. The van der Waals surface area contributed by atoms with E-state index in [0.29, 0.717) is 23.9 Å². The topological polar surface area (TPSA) is 111 Å². The van der Waals surface area contributed by atoms with Crippen molar-refractivity contribution in [2.75, 3.05) is 47.5 Å². The number of rotatable bonds is 39. The Morgan fingerprint density at radius 2 is 1.04 bits per heavy atom. The summed E-state index contributed by atoms with van der Waals surface area (Å²) in [6.07, 6.45) is 45.3. The number of hydrogen-bond acceptors (Lipinski definition) is 8. The van der Waals surface area contributed by atoms with Crippen molar-refractivity contribution in [2.24, 2.45) is 0 Å². The van der Waals surface area contributed by atoms with Crippen LogP contribution in [0.3, 0.4) is 0 Å². The third-order valence-corrected chi connectivity index (χ3v) is 10.1. The Morgan fingerprint density at radius 3 is 1.57 bits per heavy atom. The fourth-order valence-corrected chi connectivity index (χ4v) is 6.39. The number of carbonyl (C=O) groups excluding carboxylic acids is 2. The molecule has 0 bridgehead atoms. The van der Waals surface area contributed by atoms with Gasteiger partial charge < -0.3 is 27.9 Å². The normalized spacial score (nSPS) is 14.2. The number of phosphoric acid groups is 1. The van der Waals surface area contributed by atoms with Gasteiger partial charge in [0.25, 0.3) is 7.82 Å². The first kappa shape index (κ1) is 53.7. The van der Waals surface area contributed by atoms with Gasteiger partial charge in [-0.2, -0.15) is 0 Å². The molecule has 0 N–H and O–H groups in total. The highest BCUT2D eigenvalue weighted by atomic mass is 31.2. The minimum absolute atomic E-state index is 0.0383. The minimum atomic E-state index is -4.63. The Labute approximate surface area is 343 Å². The lowest BCUT2D eigenvalue weighted by molar-refractivity contribution is -0.870. The second-order valence-corrected chi connectivity index (χ2v) is 17.2. The molecule has 0 spiro atoms. The molecule has 0 rings (SSSR count). The number of ether oxygens (including phenoxy) is 2. The molecule has 1 unspecified atom stereocenters. The summed E-state index contributed by atoms with van der Waals surface area (Å²) in [7, 11) is 1.14. The molecule has 0 amide bonds. The summed E-state index contributed by atoms with van der Waals surface area (Å²) in [6.45, 7) is 4.04. The maximum absolute atomic E-state index is 12.7. The zero-order valence-corrected chi connectivity index (χ0v) is 37.2. The predicted molar refractivity (Wildman–Crippen MR) is 231 cm³/mol. The van der Waals surface area contributed by atoms with Crippen LogP contribution in [0.15, 0.2) is 60.8 Å². The number of nitrogens with zero attached hydrogens (tertiary/aromatic N) is 1. The van der Waals surface area contributed by atoms with E-state index in [1.54, 1.807) is 0 Å². The van der Waals surface area contributed by atoms with Gasteiger partial charge in [0.05, 0.1) is 27.7 Å². The average molecular weight is 808 g/mol. The van der Waals surface area contributed by atoms with E-state index in [4.69, 9.17) is 18.5 Å². The van der Waals surface area contributed by atoms with Crippen LogP contribution in [0.1, 0.15) is 168 Å². The lowest BCUT2D eigenvalue weighted by Crippen LogP contribution is -2.37. The van der Waals surface area contributed by atoms with E-state index in [-0.39, 0.29) is 26.1 Å². The van der Waals surface area contributed by atoms with E-state index < -0.39 is 32.5 Å². The number of quaternary nitrogens is 1. The Balaban J connectivity index is 4.41. The zero-order valence-electron chi connectivity index (χ0n) is 36.3. The van der Waals surface area contributed by atoms with Gasteiger partial charge >= 0.3 is 11.9 Å². The maximum atomic E-state index is 12.7. The maximum Gasteiger partial charge on any atom is 0.306 e. The fourth-order valence-electron chi connectivity index (χ4n) is 5.66. The molecule has 56 heavy (non-hydrogen) atoms. The number of allylic oxidation sites excluding steroid dienone is 10. The molecule has 0 saturated heterocycles. The van der Waals surface area contributed by atoms with Gasteiger partial charge in [0, 0.05) is 12.8 Å². The largest absolute Gasteiger partial charge is 0.756 e. The number of phosphoric ester groups is 1. The van der Waals surface area contributed by atoms with Gasteiger partial charge in [-0.25, -0.2) is 0 Å². The number of likely N-dealkylation sites (N-methyl/N-ethyl adjacent to an activating group) is 1. The first-order chi connectivity index (χ1) is 27.0. The third-order valence-electron chi connectivity index (χ3n) is 9.12. The second-order valence-electron chi connectivity index (χ2n) is 15.8. The van der Waals surface area contributed by atoms with Crippen LogP contribution in [0, 0.1) is 0 Å². The second kappa shape index (κ2) is 38.2. The van der Waals surface area contributed by atoms with E-state index in [0.717, 1.165) is 64.2 Å². The van der Waals surface area contributed by atoms with Gasteiger partial charge in [-0.3, -0.25) is 14.2 Å². The van der Waals surface area contributed by atoms with Gasteiger partial charge in [0.2, 0.25) is 0 Å². The van der Waals surface area contributed by atoms with Crippen molar-refractivity contribution in [1.29, 1.82) is 0 Å². The van der Waals surface area contributed by atoms with E-state index in [1.165, 1.54) is 64.2 Å². The summed E-state index contributed by atoms with van der Waals surface area (Å²) < 4.78 is 33.9. The molecule has 0 aromatic rings. The standard InChI is InChI=1S/C46H82NO8P/c1-6-8-10-12-14-16-18-20-22-23-25-27-29-31-33-35-37-39-46(49)55-44(43-54-56(50,51)53-41-40-47(3,4)5)42-52-45(48)38-36-34-32-30-28-26-24-21-19-17-15-13-11-9-7-2/h9,11,13,15,17,19-22,24,44H,6-8,10,12,14,16,18,23,25-43H2,1-5H3/b11-9+,15-13+,19-17+,22-20+,24-21+/t44-/m1/s1. The summed E-state index contributed by atoms with van der Waals surface area (Å²) in [5.41, 5.74) is 0. The molecule has 324 valence electrons. The molecule has 0 aromatic carbocycles. The first-order valence-electron chi connectivity index (χ1n) is 22.0. The van der Waals surface area contributed by atoms with Crippen molar-refractivity contribution in [1.82, 2.24) is 0 Å². The van der Waals surface area contributed by atoms with E-state index >= 15 is 0 Å². The smallest absolute Gasteiger partial charge is 0.306 e. The molecule has 9 nitrogen and oxygen atoms in total. The molecule has 10 heteroatoms. The van der Waals surface area contributed by atoms with Crippen LogP contribution in [0.2, 0.25) is 0 Å². The van der Waals surface area contributed by atoms with Crippen LogP contribution in [0.5, 0.6) is 0 Å². The zero-order chi connectivity index (χ0) is 41.4. The van der Waals surface area contributed by atoms with Gasteiger partial charge in [-0.15, -0.1) is 0 Å². The highest BCUT2D eigenvalue weighted by Gasteiger charge is 2.21. The van der Waals surface area contributed by atoms with Gasteiger partial charge in [-0.05, 0) is 57.8 Å². The van der Waals surface area contributed by atoms with Crippen molar-refractivity contribution >= 4 is 19.8 Å². The van der Waals surface area contributed by atoms with Crippen LogP contribution in [-0.2, 0) is 32.7 Å². The Hall–Kier alpha value is -2.29. The monoisotopic (exact) mass is 808 g/mol. The van der Waals surface area contributed by atoms with E-state index in [1.807, 2.05) is 51.5 Å². The van der Waals surface area contributed by atoms with Gasteiger partial charge in [0.1, 0.15) is 19.8 Å². The highest BCUT2D eigenvalue weighted by Crippen LogP contribution is 2.38. The molecule has 0 heterocycles. The number of unbranched alkanes of at least 4 members (excludes halogenated alkanes) is 18. The average Bonchev–Trinajstić information content (AvgIpc) is 3.15. The van der Waals surface area contributed by atoms with Gasteiger partial charge in [0.15, 0.2) is 6.10 Å². The van der Waals surface area contributed by atoms with Crippen molar-refractivity contribution < 1.29 is 42.1 Å². The van der Waals surface area contributed by atoms with Crippen LogP contribution < -0.4 is 4.89 Å². The fraction of sp³-hybridized carbons (Fsp3) is 0.739. The van der Waals surface area contributed by atoms with Crippen molar-refractivity contribution in [3.8, 4) is 0 Å². The summed E-state index contributed by atoms with van der Waals surface area (Å²) >= 11 is 0. The number of esters is 2. The summed E-state index contributed by atoms with van der Waals surface area (Å²) in [6, 6.07) is 0. The van der Waals surface area contributed by atoms with Crippen LogP contribution in [0.25, 0.3) is 0 Å². The van der Waals surface area contributed by atoms with E-state index in [2.05, 4.69) is 44.2 Å². The summed E-state index contributed by atoms with van der Waals surface area (Å²) in [5, 5.41) is 0. The lowest BCUT2D eigenvalue weighted by atomic mass is 10.1. The minimum Gasteiger partial charge on any atom is -0.756 e. The summed E-state index contributed by atoms with van der Waals surface area (Å²) in [4.78, 5) is 37.5. The molecular formula is C46H82NO8P. The SMILES string of the molecule is CC/C=C/C=C/C=C/C=C/CCCCCCCC(=O)OC[C@H](COP(=O)([O-])OCC[N+](C)(C)C)OC(=O)CCCCCCCCC/C=C/CCCCCCCC. The molecular weight excluding hydrogens is 725 g/mol. The first-order valence-corrected chi connectivity index (χ1v) is 23.5. The lowest BCUT2D eigenvalue weighted by Gasteiger charge is -2.28. The Morgan fingerprint density at radius 1 is 0.571 bits per heavy atom. The van der Waals surface area contributed by atoms with Crippen LogP contribution >= 0.6 is 7.82 Å². The quantitative estimate of drug-likeness (QED) is 0.0151.